The normalized spacial score (nSPS) is 13.4. The molecule has 0 saturated heterocycles. The zero-order valence-corrected chi connectivity index (χ0v) is 18.6. The van der Waals surface area contributed by atoms with Crippen LogP contribution >= 0.6 is 0 Å². The Hall–Kier alpha value is -3.52. The first-order chi connectivity index (χ1) is 15.3. The van der Waals surface area contributed by atoms with Gasteiger partial charge in [-0.25, -0.2) is 8.42 Å². The summed E-state index contributed by atoms with van der Waals surface area (Å²) in [5.41, 5.74) is 3.21. The molecular formula is C24H24N2O5S. The van der Waals surface area contributed by atoms with Gasteiger partial charge in [-0.3, -0.25) is 9.10 Å². The van der Waals surface area contributed by atoms with Crippen molar-refractivity contribution in [2.24, 2.45) is 0 Å². The zero-order valence-electron chi connectivity index (χ0n) is 17.8. The molecule has 0 spiro atoms. The van der Waals surface area contributed by atoms with Crippen LogP contribution < -0.4 is 19.1 Å². The van der Waals surface area contributed by atoms with Crippen LogP contribution in [0.3, 0.4) is 0 Å². The Bertz CT molecular complexity index is 1230. The lowest BCUT2D eigenvalue weighted by molar-refractivity contribution is -0.120. The molecule has 166 valence electrons. The van der Waals surface area contributed by atoms with E-state index in [-0.39, 0.29) is 13.3 Å². The smallest absolute Gasteiger partial charge is 0.241 e. The highest BCUT2D eigenvalue weighted by molar-refractivity contribution is 7.92. The molecule has 0 aliphatic carbocycles. The number of benzene rings is 3. The van der Waals surface area contributed by atoms with Crippen molar-refractivity contribution < 1.29 is 22.7 Å². The SMILES string of the molecule is Cc1ccccc1[C@H](NC(=O)CN(c1ccc2c(c1)OCO2)S(C)(=O)=O)c1ccccc1. The summed E-state index contributed by atoms with van der Waals surface area (Å²) < 4.78 is 36.8. The molecule has 0 aromatic heterocycles. The Morgan fingerprint density at radius 3 is 2.41 bits per heavy atom. The van der Waals surface area contributed by atoms with Gasteiger partial charge in [0.05, 0.1) is 18.0 Å². The molecule has 1 aliphatic rings. The van der Waals surface area contributed by atoms with Gasteiger partial charge in [-0.1, -0.05) is 54.6 Å². The number of anilines is 1. The quantitative estimate of drug-likeness (QED) is 0.594. The molecule has 0 saturated carbocycles. The van der Waals surface area contributed by atoms with Gasteiger partial charge in [-0.05, 0) is 35.7 Å². The van der Waals surface area contributed by atoms with Crippen molar-refractivity contribution in [2.75, 3.05) is 23.9 Å². The molecular weight excluding hydrogens is 428 g/mol. The highest BCUT2D eigenvalue weighted by Gasteiger charge is 2.26. The molecule has 0 radical (unpaired) electrons. The van der Waals surface area contributed by atoms with Crippen molar-refractivity contribution in [3.05, 3.63) is 89.5 Å². The molecule has 32 heavy (non-hydrogen) atoms. The summed E-state index contributed by atoms with van der Waals surface area (Å²) >= 11 is 0. The second kappa shape index (κ2) is 8.92. The van der Waals surface area contributed by atoms with Gasteiger partial charge in [-0.2, -0.15) is 0 Å². The van der Waals surface area contributed by atoms with Crippen molar-refractivity contribution in [1.29, 1.82) is 0 Å². The Labute approximate surface area is 187 Å². The maximum absolute atomic E-state index is 13.1. The summed E-state index contributed by atoms with van der Waals surface area (Å²) in [7, 11) is -3.73. The summed E-state index contributed by atoms with van der Waals surface area (Å²) in [4.78, 5) is 13.1. The van der Waals surface area contributed by atoms with Gasteiger partial charge in [0.1, 0.15) is 6.54 Å². The van der Waals surface area contributed by atoms with E-state index in [2.05, 4.69) is 5.32 Å². The number of amides is 1. The van der Waals surface area contributed by atoms with Gasteiger partial charge in [-0.15, -0.1) is 0 Å². The molecule has 0 bridgehead atoms. The number of carbonyl (C=O) groups excluding carboxylic acids is 1. The number of hydrogen-bond donors (Lipinski definition) is 1. The number of ether oxygens (including phenoxy) is 2. The lowest BCUT2D eigenvalue weighted by atomic mass is 9.95. The van der Waals surface area contributed by atoms with Crippen molar-refractivity contribution in [1.82, 2.24) is 5.32 Å². The predicted octanol–water partition coefficient (Wildman–Crippen LogP) is 3.40. The van der Waals surface area contributed by atoms with Crippen LogP contribution in [0.15, 0.2) is 72.8 Å². The minimum atomic E-state index is -3.73. The summed E-state index contributed by atoms with van der Waals surface area (Å²) in [6.07, 6.45) is 1.07. The highest BCUT2D eigenvalue weighted by Crippen LogP contribution is 2.36. The second-order valence-electron chi connectivity index (χ2n) is 7.57. The standard InChI is InChI=1S/C24H24N2O5S/c1-17-8-6-7-11-20(17)24(18-9-4-3-5-10-18)25-23(27)15-26(32(2,28)29)19-12-13-21-22(14-19)31-16-30-21/h3-14,24H,15-16H2,1-2H3,(H,25,27)/t24-/m1/s1. The van der Waals surface area contributed by atoms with E-state index in [0.29, 0.717) is 17.2 Å². The van der Waals surface area contributed by atoms with E-state index >= 15 is 0 Å². The molecule has 7 nitrogen and oxygen atoms in total. The summed E-state index contributed by atoms with van der Waals surface area (Å²) in [5.74, 6) is 0.555. The largest absolute Gasteiger partial charge is 0.454 e. The molecule has 4 rings (SSSR count). The van der Waals surface area contributed by atoms with E-state index in [0.717, 1.165) is 27.3 Å². The number of sulfonamides is 1. The van der Waals surface area contributed by atoms with E-state index in [1.165, 1.54) is 0 Å². The molecule has 0 fully saturated rings. The Kier molecular flexibility index (Phi) is 6.05. The van der Waals surface area contributed by atoms with Crippen LogP contribution in [0, 0.1) is 6.92 Å². The van der Waals surface area contributed by atoms with Gasteiger partial charge < -0.3 is 14.8 Å². The first-order valence-electron chi connectivity index (χ1n) is 10.1. The number of hydrogen-bond acceptors (Lipinski definition) is 5. The number of fused-ring (bicyclic) bond motifs is 1. The van der Waals surface area contributed by atoms with E-state index in [9.17, 15) is 13.2 Å². The van der Waals surface area contributed by atoms with Crippen molar-refractivity contribution in [3.63, 3.8) is 0 Å². The molecule has 1 N–H and O–H groups in total. The van der Waals surface area contributed by atoms with Gasteiger partial charge >= 0.3 is 0 Å². The number of rotatable bonds is 7. The van der Waals surface area contributed by atoms with Crippen LogP contribution in [0.25, 0.3) is 0 Å². The third-order valence-corrected chi connectivity index (χ3v) is 6.41. The van der Waals surface area contributed by atoms with Crippen molar-refractivity contribution in [3.8, 4) is 11.5 Å². The molecule has 1 amide bonds. The summed E-state index contributed by atoms with van der Waals surface area (Å²) in [5, 5.41) is 3.01. The maximum atomic E-state index is 13.1. The first-order valence-corrected chi connectivity index (χ1v) is 11.9. The number of nitrogens with zero attached hydrogens (tertiary/aromatic N) is 1. The van der Waals surface area contributed by atoms with Crippen LogP contribution in [0.4, 0.5) is 5.69 Å². The van der Waals surface area contributed by atoms with Gasteiger partial charge in [0.2, 0.25) is 22.7 Å². The topological polar surface area (TPSA) is 84.9 Å². The third kappa shape index (κ3) is 4.70. The molecule has 8 heteroatoms. The van der Waals surface area contributed by atoms with Crippen molar-refractivity contribution in [2.45, 2.75) is 13.0 Å². The lowest BCUT2D eigenvalue weighted by Gasteiger charge is -2.25. The van der Waals surface area contributed by atoms with E-state index in [1.807, 2.05) is 61.5 Å². The number of carbonyl (C=O) groups is 1. The van der Waals surface area contributed by atoms with E-state index in [4.69, 9.17) is 9.47 Å². The molecule has 0 unspecified atom stereocenters. The predicted molar refractivity (Wildman–Crippen MR) is 122 cm³/mol. The van der Waals surface area contributed by atoms with E-state index < -0.39 is 22.0 Å². The Morgan fingerprint density at radius 2 is 1.69 bits per heavy atom. The maximum Gasteiger partial charge on any atom is 0.241 e. The Morgan fingerprint density at radius 1 is 1.00 bits per heavy atom. The monoisotopic (exact) mass is 452 g/mol. The molecule has 1 aliphatic heterocycles. The highest BCUT2D eigenvalue weighted by atomic mass is 32.2. The van der Waals surface area contributed by atoms with Gasteiger partial charge in [0, 0.05) is 6.07 Å². The van der Waals surface area contributed by atoms with Crippen molar-refractivity contribution >= 4 is 21.6 Å². The minimum absolute atomic E-state index is 0.0767. The molecule has 3 aromatic carbocycles. The van der Waals surface area contributed by atoms with Crippen LogP contribution in [-0.4, -0.2) is 33.9 Å². The fourth-order valence-electron chi connectivity index (χ4n) is 3.67. The average molecular weight is 453 g/mol. The van der Waals surface area contributed by atoms with Crippen LogP contribution in [0.5, 0.6) is 11.5 Å². The van der Waals surface area contributed by atoms with Crippen LogP contribution in [0.2, 0.25) is 0 Å². The molecule has 3 aromatic rings. The zero-order chi connectivity index (χ0) is 22.7. The Balaban J connectivity index is 1.62. The lowest BCUT2D eigenvalue weighted by Crippen LogP contribution is -2.42. The third-order valence-electron chi connectivity index (χ3n) is 5.27. The second-order valence-corrected chi connectivity index (χ2v) is 9.48. The van der Waals surface area contributed by atoms with Gasteiger partial charge in [0.25, 0.3) is 0 Å². The summed E-state index contributed by atoms with van der Waals surface area (Å²) in [6.45, 7) is 1.69. The fourth-order valence-corrected chi connectivity index (χ4v) is 4.52. The van der Waals surface area contributed by atoms with Gasteiger partial charge in [0.15, 0.2) is 11.5 Å². The number of nitrogens with one attached hydrogen (secondary N) is 1. The molecule has 1 atom stereocenters. The summed E-state index contributed by atoms with van der Waals surface area (Å²) in [6, 6.07) is 21.8. The molecule has 1 heterocycles. The number of aryl methyl sites for hydroxylation is 1. The van der Waals surface area contributed by atoms with Crippen LogP contribution in [0.1, 0.15) is 22.7 Å². The fraction of sp³-hybridized carbons (Fsp3) is 0.208. The van der Waals surface area contributed by atoms with Crippen LogP contribution in [-0.2, 0) is 14.8 Å². The first kappa shape index (κ1) is 21.7. The van der Waals surface area contributed by atoms with E-state index in [1.54, 1.807) is 18.2 Å². The minimum Gasteiger partial charge on any atom is -0.454 e. The average Bonchev–Trinajstić information content (AvgIpc) is 3.24.